The quantitative estimate of drug-likeness (QED) is 0.191. The summed E-state index contributed by atoms with van der Waals surface area (Å²) in [4.78, 5) is 20.8. The number of benzene rings is 1. The van der Waals surface area contributed by atoms with Gasteiger partial charge in [-0.3, -0.25) is 9.36 Å². The molecule has 1 fully saturated rings. The van der Waals surface area contributed by atoms with Crippen molar-refractivity contribution >= 4 is 40.3 Å². The molecule has 7 nitrogen and oxygen atoms in total. The van der Waals surface area contributed by atoms with Gasteiger partial charge in [0.15, 0.2) is 11.0 Å². The lowest BCUT2D eigenvalue weighted by atomic mass is 10.0. The summed E-state index contributed by atoms with van der Waals surface area (Å²) in [6.07, 6.45) is 4.86. The number of aryl methyl sites for hydroxylation is 1. The van der Waals surface area contributed by atoms with Crippen LogP contribution in [0.4, 0.5) is 0 Å². The SMILES string of the molecule is Cc1cccc(-n2c(SCc3nc(C(=O)NCCCN4CCCCC4C)cs3)nnc2-c2cccs2)c1. The first-order valence-corrected chi connectivity index (χ1v) is 15.5. The smallest absolute Gasteiger partial charge is 0.270 e. The molecule has 4 aromatic rings. The number of piperidine rings is 1. The minimum absolute atomic E-state index is 0.0953. The van der Waals surface area contributed by atoms with Crippen molar-refractivity contribution < 1.29 is 4.79 Å². The van der Waals surface area contributed by atoms with Gasteiger partial charge >= 0.3 is 0 Å². The molecule has 1 saturated heterocycles. The lowest BCUT2D eigenvalue weighted by Crippen LogP contribution is -2.39. The van der Waals surface area contributed by atoms with Crippen LogP contribution in [0.15, 0.2) is 52.3 Å². The highest BCUT2D eigenvalue weighted by Crippen LogP contribution is 2.32. The van der Waals surface area contributed by atoms with E-state index in [-0.39, 0.29) is 5.91 Å². The van der Waals surface area contributed by atoms with Crippen LogP contribution in [0.1, 0.15) is 53.7 Å². The third kappa shape index (κ3) is 6.49. The highest BCUT2D eigenvalue weighted by Gasteiger charge is 2.19. The molecule has 1 aromatic carbocycles. The fraction of sp³-hybridized carbons (Fsp3) is 0.407. The van der Waals surface area contributed by atoms with Crippen LogP contribution in [0.2, 0.25) is 0 Å². The number of carbonyl (C=O) groups excluding carboxylic acids is 1. The van der Waals surface area contributed by atoms with Gasteiger partial charge in [0.1, 0.15) is 10.7 Å². The zero-order valence-corrected chi connectivity index (χ0v) is 23.7. The Balaban J connectivity index is 1.19. The van der Waals surface area contributed by atoms with Crippen LogP contribution in [-0.4, -0.2) is 56.2 Å². The van der Waals surface area contributed by atoms with Gasteiger partial charge in [0.05, 0.1) is 16.3 Å². The molecule has 1 amide bonds. The molecular formula is C27H32N6OS3. The molecule has 4 heterocycles. The molecule has 0 radical (unpaired) electrons. The van der Waals surface area contributed by atoms with Gasteiger partial charge in [-0.1, -0.05) is 36.4 Å². The highest BCUT2D eigenvalue weighted by molar-refractivity contribution is 7.98. The average Bonchev–Trinajstić information content (AvgIpc) is 3.67. The molecule has 1 aliphatic heterocycles. The number of thiophene rings is 1. The number of likely N-dealkylation sites (tertiary alicyclic amines) is 1. The van der Waals surface area contributed by atoms with Crippen molar-refractivity contribution in [2.75, 3.05) is 19.6 Å². The summed E-state index contributed by atoms with van der Waals surface area (Å²) < 4.78 is 2.11. The maximum Gasteiger partial charge on any atom is 0.270 e. The second kappa shape index (κ2) is 12.3. The Morgan fingerprint density at radius 1 is 1.19 bits per heavy atom. The van der Waals surface area contributed by atoms with E-state index in [9.17, 15) is 4.79 Å². The number of carbonyl (C=O) groups is 1. The summed E-state index contributed by atoms with van der Waals surface area (Å²) in [5.41, 5.74) is 2.71. The molecule has 0 bridgehead atoms. The van der Waals surface area contributed by atoms with Crippen molar-refractivity contribution in [1.29, 1.82) is 0 Å². The van der Waals surface area contributed by atoms with E-state index in [1.165, 1.54) is 42.7 Å². The Hall–Kier alpha value is -2.53. The molecule has 1 aliphatic rings. The minimum atomic E-state index is -0.0953. The Labute approximate surface area is 230 Å². The van der Waals surface area contributed by atoms with E-state index in [0.717, 1.165) is 39.5 Å². The number of rotatable bonds is 10. The van der Waals surface area contributed by atoms with E-state index < -0.39 is 0 Å². The molecule has 10 heteroatoms. The highest BCUT2D eigenvalue weighted by atomic mass is 32.2. The number of thiazole rings is 1. The fourth-order valence-electron chi connectivity index (χ4n) is 4.60. The van der Waals surface area contributed by atoms with Crippen molar-refractivity contribution in [3.63, 3.8) is 0 Å². The van der Waals surface area contributed by atoms with Crippen LogP contribution >= 0.6 is 34.4 Å². The first kappa shape index (κ1) is 26.1. The van der Waals surface area contributed by atoms with E-state index in [4.69, 9.17) is 0 Å². The van der Waals surface area contributed by atoms with E-state index in [2.05, 4.69) is 74.1 Å². The molecule has 1 atom stereocenters. The third-order valence-electron chi connectivity index (χ3n) is 6.59. The van der Waals surface area contributed by atoms with Gasteiger partial charge in [0.25, 0.3) is 5.91 Å². The van der Waals surface area contributed by atoms with E-state index >= 15 is 0 Å². The first-order valence-electron chi connectivity index (χ1n) is 12.7. The van der Waals surface area contributed by atoms with Gasteiger partial charge < -0.3 is 10.2 Å². The summed E-state index contributed by atoms with van der Waals surface area (Å²) in [5.74, 6) is 1.36. The largest absolute Gasteiger partial charge is 0.351 e. The van der Waals surface area contributed by atoms with Crippen LogP contribution in [0.3, 0.4) is 0 Å². The number of amides is 1. The Kier molecular flexibility index (Phi) is 8.70. The molecule has 37 heavy (non-hydrogen) atoms. The standard InChI is InChI=1S/C27H32N6OS3/c1-19-8-5-10-21(16-19)33-25(23-11-6-15-35-23)30-31-27(33)37-18-24-29-22(17-36-24)26(34)28-12-7-14-32-13-4-3-9-20(32)2/h5-6,8,10-11,15-17,20H,3-4,7,9,12-14,18H2,1-2H3,(H,28,34). The van der Waals surface area contributed by atoms with Gasteiger partial charge in [-0.15, -0.1) is 32.9 Å². The van der Waals surface area contributed by atoms with Crippen LogP contribution < -0.4 is 5.32 Å². The van der Waals surface area contributed by atoms with Crippen molar-refractivity contribution in [1.82, 2.24) is 30.0 Å². The lowest BCUT2D eigenvalue weighted by molar-refractivity contribution is 0.0944. The van der Waals surface area contributed by atoms with Gasteiger partial charge in [0.2, 0.25) is 0 Å². The molecule has 0 spiro atoms. The Morgan fingerprint density at radius 3 is 2.92 bits per heavy atom. The van der Waals surface area contributed by atoms with Gasteiger partial charge in [-0.05, 0) is 68.8 Å². The number of hydrogen-bond acceptors (Lipinski definition) is 8. The minimum Gasteiger partial charge on any atom is -0.351 e. The van der Waals surface area contributed by atoms with Crippen LogP contribution in [0, 0.1) is 6.92 Å². The summed E-state index contributed by atoms with van der Waals surface area (Å²) >= 11 is 4.75. The average molecular weight is 553 g/mol. The Morgan fingerprint density at radius 2 is 2.11 bits per heavy atom. The van der Waals surface area contributed by atoms with E-state index in [0.29, 0.717) is 24.0 Å². The zero-order chi connectivity index (χ0) is 25.6. The Bertz CT molecular complexity index is 1320. The van der Waals surface area contributed by atoms with Crippen molar-refractivity contribution in [3.8, 4) is 16.4 Å². The molecule has 3 aromatic heterocycles. The molecule has 1 N–H and O–H groups in total. The van der Waals surface area contributed by atoms with E-state index in [1.807, 2.05) is 16.8 Å². The summed E-state index contributed by atoms with van der Waals surface area (Å²) in [6, 6.07) is 13.1. The van der Waals surface area contributed by atoms with Crippen LogP contribution in [-0.2, 0) is 5.75 Å². The van der Waals surface area contributed by atoms with Crippen LogP contribution in [0.5, 0.6) is 0 Å². The topological polar surface area (TPSA) is 75.9 Å². The first-order chi connectivity index (χ1) is 18.1. The normalized spacial score (nSPS) is 16.2. The molecule has 194 valence electrons. The van der Waals surface area contributed by atoms with Gasteiger partial charge in [0, 0.05) is 24.5 Å². The number of nitrogens with one attached hydrogen (secondary N) is 1. The van der Waals surface area contributed by atoms with Crippen molar-refractivity contribution in [2.24, 2.45) is 0 Å². The molecule has 0 aliphatic carbocycles. The number of thioether (sulfide) groups is 1. The predicted molar refractivity (Wildman–Crippen MR) is 153 cm³/mol. The maximum atomic E-state index is 12.6. The van der Waals surface area contributed by atoms with Gasteiger partial charge in [-0.2, -0.15) is 0 Å². The van der Waals surface area contributed by atoms with Gasteiger partial charge in [-0.25, -0.2) is 4.98 Å². The van der Waals surface area contributed by atoms with Crippen molar-refractivity contribution in [3.05, 3.63) is 63.4 Å². The second-order valence-electron chi connectivity index (χ2n) is 9.36. The third-order valence-corrected chi connectivity index (χ3v) is 9.43. The second-order valence-corrected chi connectivity index (χ2v) is 12.2. The number of hydrogen-bond donors (Lipinski definition) is 1. The van der Waals surface area contributed by atoms with Crippen molar-refractivity contribution in [2.45, 2.75) is 56.5 Å². The summed E-state index contributed by atoms with van der Waals surface area (Å²) in [6.45, 7) is 7.28. The zero-order valence-electron chi connectivity index (χ0n) is 21.2. The molecule has 5 rings (SSSR count). The monoisotopic (exact) mass is 552 g/mol. The van der Waals surface area contributed by atoms with E-state index in [1.54, 1.807) is 23.1 Å². The fourth-order valence-corrected chi connectivity index (χ4v) is 7.04. The summed E-state index contributed by atoms with van der Waals surface area (Å²) in [7, 11) is 0. The molecule has 0 saturated carbocycles. The predicted octanol–water partition coefficient (Wildman–Crippen LogP) is 6.05. The number of nitrogens with zero attached hydrogens (tertiary/aromatic N) is 5. The van der Waals surface area contributed by atoms with Crippen LogP contribution in [0.25, 0.3) is 16.4 Å². The lowest BCUT2D eigenvalue weighted by Gasteiger charge is -2.33. The molecular weight excluding hydrogens is 521 g/mol. The maximum absolute atomic E-state index is 12.6. The number of aromatic nitrogens is 4. The molecule has 1 unspecified atom stereocenters. The summed E-state index contributed by atoms with van der Waals surface area (Å²) in [5, 5.41) is 17.7.